The van der Waals surface area contributed by atoms with Crippen molar-refractivity contribution < 1.29 is 14.4 Å². The van der Waals surface area contributed by atoms with Crippen LogP contribution in [0.3, 0.4) is 0 Å². The van der Waals surface area contributed by atoms with Crippen molar-refractivity contribution in [3.8, 4) is 17.6 Å². The Kier molecular flexibility index (Phi) is 5.50. The van der Waals surface area contributed by atoms with Crippen molar-refractivity contribution in [3.05, 3.63) is 28.3 Å². The number of methoxy groups -OCH3 is 1. The minimum atomic E-state index is -0.710. The van der Waals surface area contributed by atoms with Gasteiger partial charge >= 0.3 is 5.69 Å². The first kappa shape index (κ1) is 16.7. The summed E-state index contributed by atoms with van der Waals surface area (Å²) in [6.45, 7) is 3.58. The van der Waals surface area contributed by atoms with Crippen molar-refractivity contribution in [2.24, 2.45) is 0 Å². The monoisotopic (exact) mass is 293 g/mol. The Morgan fingerprint density at radius 3 is 2.71 bits per heavy atom. The number of nitro groups is 1. The van der Waals surface area contributed by atoms with Crippen LogP contribution in [0.4, 0.5) is 5.69 Å². The van der Waals surface area contributed by atoms with E-state index in [1.807, 2.05) is 6.92 Å². The molecule has 1 N–H and O–H groups in total. The molecule has 7 nitrogen and oxygen atoms in total. The predicted molar refractivity (Wildman–Crippen MR) is 77.4 cm³/mol. The fourth-order valence-electron chi connectivity index (χ4n) is 1.94. The summed E-state index contributed by atoms with van der Waals surface area (Å²) in [5.74, 6) is 0.545. The molecule has 0 saturated carbocycles. The molecule has 0 amide bonds. The zero-order chi connectivity index (χ0) is 16.0. The lowest BCUT2D eigenvalue weighted by molar-refractivity contribution is -0.385. The van der Waals surface area contributed by atoms with E-state index in [9.17, 15) is 10.1 Å². The first-order chi connectivity index (χ1) is 9.85. The van der Waals surface area contributed by atoms with Gasteiger partial charge in [-0.3, -0.25) is 10.1 Å². The first-order valence-corrected chi connectivity index (χ1v) is 6.44. The molecule has 21 heavy (non-hydrogen) atoms. The zero-order valence-corrected chi connectivity index (χ0v) is 12.5. The highest BCUT2D eigenvalue weighted by Crippen LogP contribution is 2.31. The number of ether oxygens (including phenoxy) is 2. The highest BCUT2D eigenvalue weighted by atomic mass is 16.6. The fraction of sp³-hybridized carbons (Fsp3) is 0.500. The Balaban J connectivity index is 2.87. The van der Waals surface area contributed by atoms with Crippen LogP contribution in [0.5, 0.6) is 11.5 Å². The van der Waals surface area contributed by atoms with Crippen LogP contribution in [-0.2, 0) is 0 Å². The van der Waals surface area contributed by atoms with E-state index in [0.717, 1.165) is 0 Å². The summed E-state index contributed by atoms with van der Waals surface area (Å²) in [5.41, 5.74) is -0.864. The lowest BCUT2D eigenvalue weighted by Gasteiger charge is -2.25. The van der Waals surface area contributed by atoms with Crippen LogP contribution in [0.25, 0.3) is 0 Å². The molecule has 0 aliphatic carbocycles. The Labute approximate surface area is 123 Å². The molecule has 0 radical (unpaired) electrons. The maximum absolute atomic E-state index is 11.0. The Morgan fingerprint density at radius 1 is 1.57 bits per heavy atom. The normalized spacial score (nSPS) is 14.6. The van der Waals surface area contributed by atoms with Gasteiger partial charge in [-0.05, 0) is 33.0 Å². The van der Waals surface area contributed by atoms with Gasteiger partial charge in [-0.2, -0.15) is 5.26 Å². The smallest absolute Gasteiger partial charge is 0.314 e. The zero-order valence-electron chi connectivity index (χ0n) is 12.5. The Hall–Kier alpha value is -2.33. The largest absolute Gasteiger partial charge is 0.490 e. The van der Waals surface area contributed by atoms with Gasteiger partial charge in [-0.1, -0.05) is 0 Å². The Bertz CT molecular complexity index is 556. The Morgan fingerprint density at radius 2 is 2.24 bits per heavy atom. The maximum atomic E-state index is 11.0. The highest BCUT2D eigenvalue weighted by molar-refractivity contribution is 5.50. The number of rotatable bonds is 7. The molecule has 0 saturated heterocycles. The summed E-state index contributed by atoms with van der Waals surface area (Å²) < 4.78 is 10.6. The number of benzene rings is 1. The molecule has 0 aliphatic rings. The van der Waals surface area contributed by atoms with Crippen molar-refractivity contribution in [1.82, 2.24) is 5.32 Å². The van der Waals surface area contributed by atoms with E-state index < -0.39 is 10.5 Å². The van der Waals surface area contributed by atoms with Gasteiger partial charge in [-0.25, -0.2) is 0 Å². The van der Waals surface area contributed by atoms with Gasteiger partial charge in [0.2, 0.25) is 0 Å². The summed E-state index contributed by atoms with van der Waals surface area (Å²) in [7, 11) is 3.07. The predicted octanol–water partition coefficient (Wildman–Crippen LogP) is 2.26. The van der Waals surface area contributed by atoms with E-state index in [2.05, 4.69) is 11.4 Å². The number of nitrogens with one attached hydrogen (secondary N) is 1. The summed E-state index contributed by atoms with van der Waals surface area (Å²) >= 11 is 0. The van der Waals surface area contributed by atoms with Crippen molar-refractivity contribution >= 4 is 5.69 Å². The van der Waals surface area contributed by atoms with Crippen molar-refractivity contribution in [2.45, 2.75) is 31.9 Å². The second kappa shape index (κ2) is 6.90. The number of nitro benzene ring substituents is 1. The van der Waals surface area contributed by atoms with E-state index in [1.165, 1.54) is 19.2 Å². The molecule has 0 bridgehead atoms. The number of hydrogen-bond acceptors (Lipinski definition) is 6. The SMILES string of the molecule is CNC(C)(C#N)CC(C)Oc1ccc(OC)c([N+](=O)[O-])c1. The van der Waals surface area contributed by atoms with E-state index in [1.54, 1.807) is 20.0 Å². The molecule has 1 aromatic rings. The van der Waals surface area contributed by atoms with Gasteiger partial charge in [-0.15, -0.1) is 0 Å². The van der Waals surface area contributed by atoms with Crippen LogP contribution in [0.1, 0.15) is 20.3 Å². The molecule has 0 heterocycles. The summed E-state index contributed by atoms with van der Waals surface area (Å²) in [6, 6.07) is 6.58. The number of nitriles is 1. The van der Waals surface area contributed by atoms with Gasteiger partial charge in [0, 0.05) is 6.42 Å². The van der Waals surface area contributed by atoms with Crippen molar-refractivity contribution in [1.29, 1.82) is 5.26 Å². The van der Waals surface area contributed by atoms with Gasteiger partial charge in [0.15, 0.2) is 5.75 Å². The molecule has 0 fully saturated rings. The van der Waals surface area contributed by atoms with E-state index in [4.69, 9.17) is 14.7 Å². The quantitative estimate of drug-likeness (QED) is 0.611. The standard InChI is InChI=1S/C14H19N3O4/c1-10(8-14(2,9-15)16-3)21-11-5-6-13(20-4)12(7-11)17(18)19/h5-7,10,16H,8H2,1-4H3. The van der Waals surface area contributed by atoms with Gasteiger partial charge in [0.25, 0.3) is 0 Å². The molecular weight excluding hydrogens is 274 g/mol. The lowest BCUT2D eigenvalue weighted by Crippen LogP contribution is -2.41. The van der Waals surface area contributed by atoms with Crippen LogP contribution in [0.2, 0.25) is 0 Å². The average Bonchev–Trinajstić information content (AvgIpc) is 2.46. The third kappa shape index (κ3) is 4.33. The van der Waals surface area contributed by atoms with E-state index in [0.29, 0.717) is 12.2 Å². The molecule has 2 atom stereocenters. The van der Waals surface area contributed by atoms with Gasteiger partial charge < -0.3 is 14.8 Å². The molecule has 7 heteroatoms. The molecule has 0 aromatic heterocycles. The molecule has 1 rings (SSSR count). The number of hydrogen-bond donors (Lipinski definition) is 1. The second-order valence-electron chi connectivity index (χ2n) is 4.92. The topological polar surface area (TPSA) is 97.4 Å². The van der Waals surface area contributed by atoms with Crippen LogP contribution in [0.15, 0.2) is 18.2 Å². The van der Waals surface area contributed by atoms with Gasteiger partial charge in [0.1, 0.15) is 11.3 Å². The molecule has 114 valence electrons. The minimum Gasteiger partial charge on any atom is -0.490 e. The van der Waals surface area contributed by atoms with Crippen LogP contribution in [-0.4, -0.2) is 30.7 Å². The molecule has 1 aromatic carbocycles. The van der Waals surface area contributed by atoms with Crippen LogP contribution in [0, 0.1) is 21.4 Å². The summed E-state index contributed by atoms with van der Waals surface area (Å²) in [4.78, 5) is 10.4. The summed E-state index contributed by atoms with van der Waals surface area (Å²) in [5, 5.41) is 23.0. The molecule has 0 aliphatic heterocycles. The van der Waals surface area contributed by atoms with E-state index >= 15 is 0 Å². The lowest BCUT2D eigenvalue weighted by atomic mass is 9.97. The van der Waals surface area contributed by atoms with Gasteiger partial charge in [0.05, 0.1) is 30.3 Å². The van der Waals surface area contributed by atoms with Crippen molar-refractivity contribution in [3.63, 3.8) is 0 Å². The third-order valence-electron chi connectivity index (χ3n) is 3.18. The maximum Gasteiger partial charge on any atom is 0.314 e. The van der Waals surface area contributed by atoms with E-state index in [-0.39, 0.29) is 17.5 Å². The van der Waals surface area contributed by atoms with Crippen LogP contribution >= 0.6 is 0 Å². The summed E-state index contributed by atoms with van der Waals surface area (Å²) in [6.07, 6.45) is 0.162. The first-order valence-electron chi connectivity index (χ1n) is 6.44. The highest BCUT2D eigenvalue weighted by Gasteiger charge is 2.25. The average molecular weight is 293 g/mol. The second-order valence-corrected chi connectivity index (χ2v) is 4.92. The third-order valence-corrected chi connectivity index (χ3v) is 3.18. The van der Waals surface area contributed by atoms with Crippen LogP contribution < -0.4 is 14.8 Å². The number of nitrogens with zero attached hydrogens (tertiary/aromatic N) is 2. The van der Waals surface area contributed by atoms with Crippen molar-refractivity contribution in [2.75, 3.05) is 14.2 Å². The fourth-order valence-corrected chi connectivity index (χ4v) is 1.94. The molecular formula is C14H19N3O4. The minimum absolute atomic E-state index is 0.154. The molecule has 0 spiro atoms. The molecule has 2 unspecified atom stereocenters.